The Morgan fingerprint density at radius 3 is 1.62 bits per heavy atom. The maximum atomic E-state index is 13.2. The number of esters is 1. The van der Waals surface area contributed by atoms with Crippen molar-refractivity contribution in [1.29, 1.82) is 0 Å². The summed E-state index contributed by atoms with van der Waals surface area (Å²) in [5.74, 6) is -13.8. The first kappa shape index (κ1) is 24.6. The Balaban J connectivity index is 0. The van der Waals surface area contributed by atoms with E-state index in [1.165, 1.54) is 0 Å². The van der Waals surface area contributed by atoms with Gasteiger partial charge in [0.2, 0.25) is 34.8 Å². The minimum atomic E-state index is -2.31. The fraction of sp³-hybridized carbons (Fsp3) is 0.562. The van der Waals surface area contributed by atoms with Crippen LogP contribution in [0.5, 0.6) is 5.75 Å². The number of rotatable bonds is 6. The lowest BCUT2D eigenvalue weighted by Gasteiger charge is -2.08. The molecular formula is C16H23F5O3. The highest BCUT2D eigenvalue weighted by Crippen LogP contribution is 2.29. The predicted octanol–water partition coefficient (Wildman–Crippen LogP) is 5.16. The maximum absolute atomic E-state index is 13.2. The van der Waals surface area contributed by atoms with Crippen LogP contribution < -0.4 is 4.74 Å². The molecule has 0 fully saturated rings. The molecule has 0 bridgehead atoms. The van der Waals surface area contributed by atoms with E-state index in [4.69, 9.17) is 4.74 Å². The molecule has 0 amide bonds. The SMILES string of the molecule is CC.CC.CCCOCCC(=O)Oc1c(F)c(F)c(F)c(F)c1F. The standard InChI is InChI=1S/C12H11F5O3.2C2H6/c1-2-4-19-5-3-6(18)20-12-10(16)8(14)7(13)9(15)11(12)17;2*1-2/h2-5H2,1H3;2*1-2H3. The van der Waals surface area contributed by atoms with Crippen LogP contribution in [0.25, 0.3) is 0 Å². The summed E-state index contributed by atoms with van der Waals surface area (Å²) >= 11 is 0. The van der Waals surface area contributed by atoms with Crippen molar-refractivity contribution >= 4 is 5.97 Å². The highest BCUT2D eigenvalue weighted by atomic mass is 19.2. The molecule has 24 heavy (non-hydrogen) atoms. The fourth-order valence-electron chi connectivity index (χ4n) is 1.24. The van der Waals surface area contributed by atoms with E-state index in [-0.39, 0.29) is 13.0 Å². The Labute approximate surface area is 138 Å². The predicted molar refractivity (Wildman–Crippen MR) is 80.3 cm³/mol. The van der Waals surface area contributed by atoms with Crippen LogP contribution in [0.3, 0.4) is 0 Å². The number of hydrogen-bond acceptors (Lipinski definition) is 3. The van der Waals surface area contributed by atoms with Crippen molar-refractivity contribution < 1.29 is 36.2 Å². The summed E-state index contributed by atoms with van der Waals surface area (Å²) in [6.45, 7) is 10.1. The molecule has 0 unspecified atom stereocenters. The van der Waals surface area contributed by atoms with Gasteiger partial charge in [-0.15, -0.1) is 0 Å². The number of carbonyl (C=O) groups excluding carboxylic acids is 1. The molecule has 0 N–H and O–H groups in total. The highest BCUT2D eigenvalue weighted by molar-refractivity contribution is 5.72. The molecule has 0 atom stereocenters. The van der Waals surface area contributed by atoms with Crippen molar-refractivity contribution in [2.75, 3.05) is 13.2 Å². The normalized spacial score (nSPS) is 9.42. The van der Waals surface area contributed by atoms with E-state index < -0.39 is 40.8 Å². The van der Waals surface area contributed by atoms with Gasteiger partial charge >= 0.3 is 5.97 Å². The second kappa shape index (κ2) is 13.7. The van der Waals surface area contributed by atoms with E-state index in [2.05, 4.69) is 4.74 Å². The average molecular weight is 358 g/mol. The molecule has 0 heterocycles. The van der Waals surface area contributed by atoms with Gasteiger partial charge in [0.25, 0.3) is 0 Å². The number of ether oxygens (including phenoxy) is 2. The lowest BCUT2D eigenvalue weighted by Crippen LogP contribution is -2.15. The van der Waals surface area contributed by atoms with Gasteiger partial charge in [0.1, 0.15) is 0 Å². The van der Waals surface area contributed by atoms with E-state index >= 15 is 0 Å². The summed E-state index contributed by atoms with van der Waals surface area (Å²) in [6.07, 6.45) is 0.326. The summed E-state index contributed by atoms with van der Waals surface area (Å²) in [4.78, 5) is 11.2. The van der Waals surface area contributed by atoms with Crippen LogP contribution in [0.1, 0.15) is 47.5 Å². The monoisotopic (exact) mass is 358 g/mol. The Morgan fingerprint density at radius 1 is 0.792 bits per heavy atom. The minimum Gasteiger partial charge on any atom is -0.420 e. The van der Waals surface area contributed by atoms with Gasteiger partial charge in [-0.05, 0) is 6.42 Å². The van der Waals surface area contributed by atoms with Gasteiger partial charge in [-0.2, -0.15) is 8.78 Å². The molecule has 0 saturated heterocycles. The van der Waals surface area contributed by atoms with E-state index in [0.717, 1.165) is 0 Å². The van der Waals surface area contributed by atoms with E-state index in [0.29, 0.717) is 13.0 Å². The average Bonchev–Trinajstić information content (AvgIpc) is 2.62. The minimum absolute atomic E-state index is 0.0813. The lowest BCUT2D eigenvalue weighted by molar-refractivity contribution is -0.136. The largest absolute Gasteiger partial charge is 0.420 e. The smallest absolute Gasteiger partial charge is 0.313 e. The van der Waals surface area contributed by atoms with Gasteiger partial charge in [0.05, 0.1) is 13.0 Å². The highest BCUT2D eigenvalue weighted by Gasteiger charge is 2.28. The van der Waals surface area contributed by atoms with Crippen LogP contribution >= 0.6 is 0 Å². The van der Waals surface area contributed by atoms with Crippen LogP contribution in [0.4, 0.5) is 22.0 Å². The molecule has 8 heteroatoms. The van der Waals surface area contributed by atoms with Gasteiger partial charge in [-0.25, -0.2) is 13.2 Å². The zero-order chi connectivity index (χ0) is 19.3. The first-order chi connectivity index (χ1) is 11.4. The van der Waals surface area contributed by atoms with Crippen LogP contribution in [0.2, 0.25) is 0 Å². The Hall–Kier alpha value is -1.70. The second-order valence-electron chi connectivity index (χ2n) is 3.74. The molecule has 0 aliphatic rings. The Kier molecular flexibility index (Phi) is 14.0. The van der Waals surface area contributed by atoms with Crippen LogP contribution in [-0.2, 0) is 9.53 Å². The van der Waals surface area contributed by atoms with E-state index in [1.54, 1.807) is 0 Å². The summed E-state index contributed by atoms with van der Waals surface area (Å²) in [5.41, 5.74) is 0. The van der Waals surface area contributed by atoms with Gasteiger partial charge in [0.15, 0.2) is 0 Å². The van der Waals surface area contributed by atoms with Crippen LogP contribution in [0.15, 0.2) is 0 Å². The number of hydrogen-bond donors (Lipinski definition) is 0. The van der Waals surface area contributed by atoms with Crippen molar-refractivity contribution in [1.82, 2.24) is 0 Å². The third-order valence-corrected chi connectivity index (χ3v) is 2.18. The lowest BCUT2D eigenvalue weighted by atomic mass is 10.2. The van der Waals surface area contributed by atoms with Gasteiger partial charge in [0, 0.05) is 6.61 Å². The van der Waals surface area contributed by atoms with Gasteiger partial charge in [-0.3, -0.25) is 4.79 Å². The number of halogens is 5. The molecule has 1 aromatic carbocycles. The fourth-order valence-corrected chi connectivity index (χ4v) is 1.24. The Morgan fingerprint density at radius 2 is 1.21 bits per heavy atom. The molecule has 140 valence electrons. The molecule has 0 spiro atoms. The second-order valence-corrected chi connectivity index (χ2v) is 3.74. The van der Waals surface area contributed by atoms with Crippen LogP contribution in [0, 0.1) is 29.1 Å². The van der Waals surface area contributed by atoms with E-state index in [9.17, 15) is 26.7 Å². The maximum Gasteiger partial charge on any atom is 0.313 e. The summed E-state index contributed by atoms with van der Waals surface area (Å²) < 4.78 is 73.8. The van der Waals surface area contributed by atoms with Crippen LogP contribution in [-0.4, -0.2) is 19.2 Å². The molecule has 0 saturated carbocycles. The van der Waals surface area contributed by atoms with Crippen molar-refractivity contribution in [2.24, 2.45) is 0 Å². The van der Waals surface area contributed by atoms with Crippen molar-refractivity contribution in [3.63, 3.8) is 0 Å². The molecule has 1 aromatic rings. The van der Waals surface area contributed by atoms with Crippen molar-refractivity contribution in [3.8, 4) is 5.75 Å². The van der Waals surface area contributed by atoms with E-state index in [1.807, 2.05) is 34.6 Å². The number of benzene rings is 1. The quantitative estimate of drug-likeness (QED) is 0.176. The summed E-state index contributed by atoms with van der Waals surface area (Å²) in [5, 5.41) is 0. The van der Waals surface area contributed by atoms with Crippen molar-refractivity contribution in [2.45, 2.75) is 47.5 Å². The topological polar surface area (TPSA) is 35.5 Å². The zero-order valence-corrected chi connectivity index (χ0v) is 14.4. The number of carbonyl (C=O) groups is 1. The summed E-state index contributed by atoms with van der Waals surface area (Å²) in [6, 6.07) is 0. The summed E-state index contributed by atoms with van der Waals surface area (Å²) in [7, 11) is 0. The third-order valence-electron chi connectivity index (χ3n) is 2.18. The molecule has 0 radical (unpaired) electrons. The van der Waals surface area contributed by atoms with Crippen molar-refractivity contribution in [3.05, 3.63) is 29.1 Å². The van der Waals surface area contributed by atoms with Gasteiger partial charge in [-0.1, -0.05) is 34.6 Å². The first-order valence-corrected chi connectivity index (χ1v) is 7.70. The first-order valence-electron chi connectivity index (χ1n) is 7.70. The molecule has 1 rings (SSSR count). The zero-order valence-electron chi connectivity index (χ0n) is 14.4. The molecular weight excluding hydrogens is 335 g/mol. The Bertz CT molecular complexity index is 478. The van der Waals surface area contributed by atoms with Gasteiger partial charge < -0.3 is 9.47 Å². The molecule has 0 aliphatic heterocycles. The third kappa shape index (κ3) is 7.25. The molecule has 0 aromatic heterocycles. The molecule has 0 aliphatic carbocycles. The molecule has 3 nitrogen and oxygen atoms in total.